The van der Waals surface area contributed by atoms with Crippen LogP contribution in [0.3, 0.4) is 0 Å². The van der Waals surface area contributed by atoms with Crippen molar-refractivity contribution in [3.63, 3.8) is 0 Å². The Morgan fingerprint density at radius 1 is 1.14 bits per heavy atom. The highest BCUT2D eigenvalue weighted by molar-refractivity contribution is 8.00. The maximum atomic E-state index is 16.2. The Hall–Kier alpha value is -4.65. The number of fused-ring (bicyclic) bond motifs is 6. The maximum absolute atomic E-state index is 16.2. The molecule has 2 fully saturated rings. The Bertz CT molecular complexity index is 1960. The molecule has 2 bridgehead atoms. The predicted molar refractivity (Wildman–Crippen MR) is 163 cm³/mol. The van der Waals surface area contributed by atoms with E-state index < -0.39 is 23.2 Å². The van der Waals surface area contributed by atoms with E-state index in [-0.39, 0.29) is 63.5 Å². The molecule has 1 saturated carbocycles. The number of thioether (sulfide) groups is 1. The van der Waals surface area contributed by atoms with Crippen molar-refractivity contribution in [2.75, 3.05) is 29.1 Å². The number of hydrogen-bond acceptors (Lipinski definition) is 8. The molecular weight excluding hydrogens is 588 g/mol. The average molecular weight is 616 g/mol. The normalized spacial score (nSPS) is 19.1. The first-order chi connectivity index (χ1) is 21.2. The lowest BCUT2D eigenvalue weighted by Crippen LogP contribution is -2.49. The number of hydrogen-bond donors (Lipinski definition) is 1. The SMILES string of the molecule is C=CC(=O)N1CCN(c2nc(=O)n3c4nc(c(F)cc24)-c2c(F)cccc2NC(=O)CSc2ccnc(C(C)C)c2-3)[C@@H]2C[C@@H]21. The fourth-order valence-corrected chi connectivity index (χ4v) is 7.00. The Balaban J connectivity index is 1.54. The van der Waals surface area contributed by atoms with Crippen molar-refractivity contribution in [2.24, 2.45) is 0 Å². The standard InChI is InChI=1S/C31H27F2N7O3S/c1-4-24(42)38-10-11-39(21-13-20(21)38)29-16-12-18(33)27-25-17(32)6-5-7-19(25)35-23(41)14-44-22-8-9-34-26(15(2)3)28(22)40(30(16)36-27)31(43)37-29/h4-9,12,15,20-21H,1,10-11,13-14H2,2-3H3,(H,35,41)/t20-,21+/m0/s1. The molecule has 224 valence electrons. The van der Waals surface area contributed by atoms with Gasteiger partial charge in [0.1, 0.15) is 17.3 Å². The van der Waals surface area contributed by atoms with Gasteiger partial charge in [0, 0.05) is 24.2 Å². The average Bonchev–Trinajstić information content (AvgIpc) is 3.80. The summed E-state index contributed by atoms with van der Waals surface area (Å²) in [5.74, 6) is -2.19. The molecule has 2 aliphatic heterocycles. The van der Waals surface area contributed by atoms with Crippen molar-refractivity contribution in [1.82, 2.24) is 24.4 Å². The van der Waals surface area contributed by atoms with Crippen LogP contribution in [0.2, 0.25) is 0 Å². The van der Waals surface area contributed by atoms with Crippen LogP contribution in [-0.2, 0) is 9.59 Å². The minimum absolute atomic E-state index is 0.0610. The summed E-state index contributed by atoms with van der Waals surface area (Å²) in [5.41, 5.74) is -0.166. The van der Waals surface area contributed by atoms with Crippen LogP contribution in [0.25, 0.3) is 28.0 Å². The van der Waals surface area contributed by atoms with Crippen molar-refractivity contribution in [1.29, 1.82) is 0 Å². The van der Waals surface area contributed by atoms with E-state index in [9.17, 15) is 14.4 Å². The molecule has 13 heteroatoms. The van der Waals surface area contributed by atoms with Gasteiger partial charge in [-0.25, -0.2) is 23.1 Å². The lowest BCUT2D eigenvalue weighted by Gasteiger charge is -2.35. The van der Waals surface area contributed by atoms with Gasteiger partial charge in [-0.05, 0) is 42.7 Å². The van der Waals surface area contributed by atoms with Gasteiger partial charge < -0.3 is 15.1 Å². The van der Waals surface area contributed by atoms with Crippen LogP contribution in [0.4, 0.5) is 20.3 Å². The molecule has 0 radical (unpaired) electrons. The van der Waals surface area contributed by atoms with E-state index in [0.717, 1.165) is 6.07 Å². The smallest absolute Gasteiger partial charge is 0.349 e. The number of carbonyl (C=O) groups excluding carboxylic acids is 2. The molecule has 2 amide bonds. The van der Waals surface area contributed by atoms with Gasteiger partial charge in [0.2, 0.25) is 11.8 Å². The summed E-state index contributed by atoms with van der Waals surface area (Å²) in [4.78, 5) is 57.5. The number of anilines is 2. The molecule has 1 N–H and O–H groups in total. The number of nitrogens with zero attached hydrogens (tertiary/aromatic N) is 6. The van der Waals surface area contributed by atoms with Crippen LogP contribution in [0.5, 0.6) is 0 Å². The zero-order valence-corrected chi connectivity index (χ0v) is 24.7. The van der Waals surface area contributed by atoms with Gasteiger partial charge >= 0.3 is 5.69 Å². The highest BCUT2D eigenvalue weighted by Crippen LogP contribution is 2.43. The van der Waals surface area contributed by atoms with Gasteiger partial charge in [0.15, 0.2) is 11.5 Å². The molecule has 2 atom stereocenters. The van der Waals surface area contributed by atoms with Crippen molar-refractivity contribution in [2.45, 2.75) is 43.2 Å². The molecule has 3 aliphatic rings. The zero-order valence-electron chi connectivity index (χ0n) is 23.9. The molecule has 7 rings (SSSR count). The lowest BCUT2D eigenvalue weighted by atomic mass is 10.1. The molecule has 3 aromatic heterocycles. The fraction of sp³-hybridized carbons (Fsp3) is 0.290. The van der Waals surface area contributed by atoms with Crippen LogP contribution >= 0.6 is 11.8 Å². The first-order valence-corrected chi connectivity index (χ1v) is 15.2. The highest BCUT2D eigenvalue weighted by Gasteiger charge is 2.51. The molecule has 0 unspecified atom stereocenters. The number of carbonyl (C=O) groups is 2. The maximum Gasteiger partial charge on any atom is 0.355 e. The first kappa shape index (κ1) is 28.1. The second-order valence-corrected chi connectivity index (χ2v) is 12.3. The van der Waals surface area contributed by atoms with Crippen molar-refractivity contribution >= 4 is 46.1 Å². The third-order valence-corrected chi connectivity index (χ3v) is 9.25. The first-order valence-electron chi connectivity index (χ1n) is 14.2. The lowest BCUT2D eigenvalue weighted by molar-refractivity contribution is -0.127. The summed E-state index contributed by atoms with van der Waals surface area (Å²) in [6, 6.07) is 6.79. The second kappa shape index (κ2) is 10.5. The predicted octanol–water partition coefficient (Wildman–Crippen LogP) is 4.26. The summed E-state index contributed by atoms with van der Waals surface area (Å²) < 4.78 is 32.9. The molecule has 0 spiro atoms. The fourth-order valence-electron chi connectivity index (χ4n) is 6.15. The van der Waals surface area contributed by atoms with Gasteiger partial charge in [0.25, 0.3) is 0 Å². The third kappa shape index (κ3) is 4.45. The Kier molecular flexibility index (Phi) is 6.72. The van der Waals surface area contributed by atoms with E-state index >= 15 is 8.78 Å². The van der Waals surface area contributed by atoms with Gasteiger partial charge in [-0.1, -0.05) is 26.5 Å². The molecule has 1 saturated heterocycles. The number of halogens is 2. The number of amides is 2. The molecule has 4 aromatic rings. The van der Waals surface area contributed by atoms with Gasteiger partial charge in [-0.3, -0.25) is 14.6 Å². The third-order valence-electron chi connectivity index (χ3n) is 8.21. The quantitative estimate of drug-likeness (QED) is 0.340. The summed E-state index contributed by atoms with van der Waals surface area (Å²) in [6.07, 6.45) is 3.56. The second-order valence-electron chi connectivity index (χ2n) is 11.2. The number of nitrogens with one attached hydrogen (secondary N) is 1. The Morgan fingerprint density at radius 3 is 2.73 bits per heavy atom. The monoisotopic (exact) mass is 615 g/mol. The van der Waals surface area contributed by atoms with Crippen molar-refractivity contribution < 1.29 is 18.4 Å². The van der Waals surface area contributed by atoms with Crippen molar-refractivity contribution in [3.05, 3.63) is 77.0 Å². The molecule has 1 aromatic carbocycles. The minimum atomic E-state index is -0.846. The molecule has 44 heavy (non-hydrogen) atoms. The van der Waals surface area contributed by atoms with E-state index in [1.165, 1.54) is 40.6 Å². The van der Waals surface area contributed by atoms with Crippen LogP contribution in [0.1, 0.15) is 31.9 Å². The van der Waals surface area contributed by atoms with E-state index in [1.807, 2.05) is 18.7 Å². The largest absolute Gasteiger partial charge is 0.355 e. The zero-order chi connectivity index (χ0) is 30.9. The molecular formula is C31H27F2N7O3S. The molecule has 10 nitrogen and oxygen atoms in total. The minimum Gasteiger partial charge on any atom is -0.349 e. The number of aromatic nitrogens is 4. The van der Waals surface area contributed by atoms with E-state index in [1.54, 1.807) is 17.2 Å². The van der Waals surface area contributed by atoms with Gasteiger partial charge in [-0.15, -0.1) is 11.8 Å². The van der Waals surface area contributed by atoms with Gasteiger partial charge in [0.05, 0.1) is 45.9 Å². The van der Waals surface area contributed by atoms with E-state index in [2.05, 4.69) is 26.8 Å². The summed E-state index contributed by atoms with van der Waals surface area (Å²) in [7, 11) is 0. The number of rotatable bonds is 3. The molecule has 5 heterocycles. The Morgan fingerprint density at radius 2 is 1.95 bits per heavy atom. The van der Waals surface area contributed by atoms with E-state index in [0.29, 0.717) is 35.8 Å². The molecule has 1 aliphatic carbocycles. The van der Waals surface area contributed by atoms with Crippen LogP contribution in [0, 0.1) is 11.6 Å². The number of piperazine rings is 1. The number of benzene rings is 1. The Labute approximate surface area is 254 Å². The topological polar surface area (TPSA) is 113 Å². The van der Waals surface area contributed by atoms with Crippen molar-refractivity contribution in [3.8, 4) is 16.9 Å². The van der Waals surface area contributed by atoms with Crippen LogP contribution in [0.15, 0.2) is 58.9 Å². The summed E-state index contributed by atoms with van der Waals surface area (Å²) in [6.45, 7) is 8.18. The van der Waals surface area contributed by atoms with E-state index in [4.69, 9.17) is 0 Å². The highest BCUT2D eigenvalue weighted by atomic mass is 32.2. The van der Waals surface area contributed by atoms with Crippen LogP contribution in [-0.4, -0.2) is 67.2 Å². The number of pyridine rings is 2. The van der Waals surface area contributed by atoms with Crippen LogP contribution < -0.4 is 15.9 Å². The summed E-state index contributed by atoms with van der Waals surface area (Å²) in [5, 5.41) is 2.96. The summed E-state index contributed by atoms with van der Waals surface area (Å²) >= 11 is 1.19. The van der Waals surface area contributed by atoms with Gasteiger partial charge in [-0.2, -0.15) is 4.98 Å².